The highest BCUT2D eigenvalue weighted by Crippen LogP contribution is 2.41. The molecule has 1 saturated heterocycles. The Balaban J connectivity index is 2.36. The van der Waals surface area contributed by atoms with Crippen LogP contribution in [0.5, 0.6) is 17.2 Å². The number of methoxy groups -OCH3 is 2. The van der Waals surface area contributed by atoms with Crippen molar-refractivity contribution < 1.29 is 14.6 Å². The van der Waals surface area contributed by atoms with E-state index in [1.807, 2.05) is 6.07 Å². The van der Waals surface area contributed by atoms with Crippen LogP contribution in [0.15, 0.2) is 12.1 Å². The maximum absolute atomic E-state index is 10.2. The van der Waals surface area contributed by atoms with Crippen LogP contribution in [-0.2, 0) is 0 Å². The predicted octanol–water partition coefficient (Wildman–Crippen LogP) is 2.47. The van der Waals surface area contributed by atoms with Crippen molar-refractivity contribution >= 4 is 0 Å². The smallest absolute Gasteiger partial charge is 0.131 e. The first-order chi connectivity index (χ1) is 8.65. The van der Waals surface area contributed by atoms with E-state index < -0.39 is 0 Å². The van der Waals surface area contributed by atoms with Crippen LogP contribution in [0, 0.1) is 5.92 Å². The van der Waals surface area contributed by atoms with Crippen LogP contribution in [-0.4, -0.2) is 25.9 Å². The number of benzene rings is 1. The fourth-order valence-electron chi connectivity index (χ4n) is 2.55. The van der Waals surface area contributed by atoms with Crippen molar-refractivity contribution in [3.8, 4) is 17.2 Å². The number of hydrogen-bond donors (Lipinski definition) is 2. The summed E-state index contributed by atoms with van der Waals surface area (Å²) in [7, 11) is 3.19. The predicted molar refractivity (Wildman–Crippen MR) is 70.4 cm³/mol. The molecular formula is C14H21NO3. The standard InChI is InChI=1S/C14H21NO3/c1-9-4-5-15-11(6-9)14-12(16)7-10(17-2)8-13(14)18-3/h7-9,11,15-16H,4-6H2,1-3H3. The molecule has 2 N–H and O–H groups in total. The summed E-state index contributed by atoms with van der Waals surface area (Å²) in [6, 6.07) is 3.60. The van der Waals surface area contributed by atoms with Crippen molar-refractivity contribution in [2.24, 2.45) is 5.92 Å². The molecule has 1 aliphatic heterocycles. The van der Waals surface area contributed by atoms with E-state index in [1.54, 1.807) is 20.3 Å². The summed E-state index contributed by atoms with van der Waals surface area (Å²) in [5, 5.41) is 13.6. The van der Waals surface area contributed by atoms with Crippen molar-refractivity contribution in [1.82, 2.24) is 5.32 Å². The van der Waals surface area contributed by atoms with Gasteiger partial charge >= 0.3 is 0 Å². The molecule has 1 aromatic carbocycles. The van der Waals surface area contributed by atoms with Crippen LogP contribution in [0.1, 0.15) is 31.4 Å². The zero-order valence-electron chi connectivity index (χ0n) is 11.2. The molecule has 1 fully saturated rings. The van der Waals surface area contributed by atoms with Crippen LogP contribution >= 0.6 is 0 Å². The van der Waals surface area contributed by atoms with Gasteiger partial charge in [0.05, 0.1) is 19.8 Å². The van der Waals surface area contributed by atoms with Gasteiger partial charge in [-0.15, -0.1) is 0 Å². The molecule has 4 nitrogen and oxygen atoms in total. The lowest BCUT2D eigenvalue weighted by atomic mass is 9.89. The van der Waals surface area contributed by atoms with E-state index in [9.17, 15) is 5.11 Å². The molecule has 0 aliphatic carbocycles. The zero-order valence-corrected chi connectivity index (χ0v) is 11.2. The number of rotatable bonds is 3. The summed E-state index contributed by atoms with van der Waals surface area (Å²) in [6.45, 7) is 3.21. The van der Waals surface area contributed by atoms with Gasteiger partial charge in [0.15, 0.2) is 0 Å². The average Bonchev–Trinajstić information content (AvgIpc) is 2.37. The minimum Gasteiger partial charge on any atom is -0.507 e. The first-order valence-corrected chi connectivity index (χ1v) is 6.34. The van der Waals surface area contributed by atoms with Gasteiger partial charge in [-0.05, 0) is 25.3 Å². The highest BCUT2D eigenvalue weighted by molar-refractivity contribution is 5.51. The van der Waals surface area contributed by atoms with E-state index in [-0.39, 0.29) is 11.8 Å². The van der Waals surface area contributed by atoms with E-state index in [0.717, 1.165) is 18.5 Å². The molecule has 100 valence electrons. The second-order valence-electron chi connectivity index (χ2n) is 4.90. The number of aromatic hydroxyl groups is 1. The lowest BCUT2D eigenvalue weighted by Gasteiger charge is -2.30. The fourth-order valence-corrected chi connectivity index (χ4v) is 2.55. The van der Waals surface area contributed by atoms with E-state index in [2.05, 4.69) is 12.2 Å². The Kier molecular flexibility index (Phi) is 3.97. The minimum atomic E-state index is 0.148. The molecule has 2 unspecified atom stereocenters. The van der Waals surface area contributed by atoms with E-state index in [1.165, 1.54) is 6.42 Å². The average molecular weight is 251 g/mol. The normalized spacial score (nSPS) is 23.7. The molecule has 0 spiro atoms. The number of phenolic OH excluding ortho intramolecular Hbond substituents is 1. The topological polar surface area (TPSA) is 50.7 Å². The van der Waals surface area contributed by atoms with Gasteiger partial charge < -0.3 is 19.9 Å². The van der Waals surface area contributed by atoms with Crippen LogP contribution in [0.25, 0.3) is 0 Å². The second-order valence-corrected chi connectivity index (χ2v) is 4.90. The van der Waals surface area contributed by atoms with Gasteiger partial charge in [-0.25, -0.2) is 0 Å². The Morgan fingerprint density at radius 1 is 1.28 bits per heavy atom. The molecule has 1 heterocycles. The molecule has 18 heavy (non-hydrogen) atoms. The zero-order chi connectivity index (χ0) is 13.1. The lowest BCUT2D eigenvalue weighted by molar-refractivity contribution is 0.304. The molecule has 1 aliphatic rings. The molecule has 4 heteroatoms. The van der Waals surface area contributed by atoms with Gasteiger partial charge in [-0.3, -0.25) is 0 Å². The Bertz CT molecular complexity index is 420. The first kappa shape index (κ1) is 13.0. The summed E-state index contributed by atoms with van der Waals surface area (Å²) >= 11 is 0. The molecule has 0 saturated carbocycles. The third kappa shape index (κ3) is 2.53. The molecule has 0 amide bonds. The van der Waals surface area contributed by atoms with Crippen LogP contribution in [0.3, 0.4) is 0 Å². The summed E-state index contributed by atoms with van der Waals surface area (Å²) in [4.78, 5) is 0. The lowest BCUT2D eigenvalue weighted by Crippen LogP contribution is -2.31. The monoisotopic (exact) mass is 251 g/mol. The number of ether oxygens (including phenoxy) is 2. The Morgan fingerprint density at radius 3 is 2.67 bits per heavy atom. The van der Waals surface area contributed by atoms with Crippen LogP contribution in [0.2, 0.25) is 0 Å². The maximum atomic E-state index is 10.2. The SMILES string of the molecule is COc1cc(O)c(C2CC(C)CCN2)c(OC)c1. The molecule has 0 radical (unpaired) electrons. The maximum Gasteiger partial charge on any atom is 0.131 e. The Morgan fingerprint density at radius 2 is 2.06 bits per heavy atom. The van der Waals surface area contributed by atoms with Gasteiger partial charge in [0.2, 0.25) is 0 Å². The summed E-state index contributed by atoms with van der Waals surface area (Å²) in [5.74, 6) is 2.18. The highest BCUT2D eigenvalue weighted by atomic mass is 16.5. The van der Waals surface area contributed by atoms with Crippen molar-refractivity contribution in [3.63, 3.8) is 0 Å². The van der Waals surface area contributed by atoms with Crippen molar-refractivity contribution in [2.75, 3.05) is 20.8 Å². The fraction of sp³-hybridized carbons (Fsp3) is 0.571. The van der Waals surface area contributed by atoms with Crippen LogP contribution < -0.4 is 14.8 Å². The molecule has 2 rings (SSSR count). The summed E-state index contributed by atoms with van der Waals surface area (Å²) < 4.78 is 10.5. The first-order valence-electron chi connectivity index (χ1n) is 6.34. The number of phenols is 1. The molecule has 2 atom stereocenters. The molecule has 0 aromatic heterocycles. The van der Waals surface area contributed by atoms with Gasteiger partial charge in [-0.2, -0.15) is 0 Å². The number of nitrogens with one attached hydrogen (secondary N) is 1. The number of hydrogen-bond acceptors (Lipinski definition) is 4. The van der Waals surface area contributed by atoms with Gasteiger partial charge in [-0.1, -0.05) is 6.92 Å². The molecular weight excluding hydrogens is 230 g/mol. The summed E-state index contributed by atoms with van der Waals surface area (Å²) in [6.07, 6.45) is 2.19. The van der Waals surface area contributed by atoms with Gasteiger partial charge in [0, 0.05) is 18.2 Å². The molecule has 0 bridgehead atoms. The summed E-state index contributed by atoms with van der Waals surface area (Å²) in [5.41, 5.74) is 0.838. The Hall–Kier alpha value is -1.42. The van der Waals surface area contributed by atoms with Gasteiger partial charge in [0.25, 0.3) is 0 Å². The largest absolute Gasteiger partial charge is 0.507 e. The highest BCUT2D eigenvalue weighted by Gasteiger charge is 2.25. The van der Waals surface area contributed by atoms with Crippen molar-refractivity contribution in [3.05, 3.63) is 17.7 Å². The third-order valence-electron chi connectivity index (χ3n) is 3.56. The van der Waals surface area contributed by atoms with Gasteiger partial charge in [0.1, 0.15) is 17.2 Å². The third-order valence-corrected chi connectivity index (χ3v) is 3.56. The number of piperidine rings is 1. The van der Waals surface area contributed by atoms with Crippen molar-refractivity contribution in [1.29, 1.82) is 0 Å². The minimum absolute atomic E-state index is 0.148. The Labute approximate surface area is 108 Å². The van der Waals surface area contributed by atoms with Crippen LogP contribution in [0.4, 0.5) is 0 Å². The van der Waals surface area contributed by atoms with E-state index >= 15 is 0 Å². The molecule has 1 aromatic rings. The quantitative estimate of drug-likeness (QED) is 0.866. The van der Waals surface area contributed by atoms with E-state index in [0.29, 0.717) is 17.4 Å². The van der Waals surface area contributed by atoms with E-state index in [4.69, 9.17) is 9.47 Å². The second kappa shape index (κ2) is 5.48. The van der Waals surface area contributed by atoms with Crippen molar-refractivity contribution in [2.45, 2.75) is 25.8 Å².